The predicted octanol–water partition coefficient (Wildman–Crippen LogP) is 1.33. The molecule has 0 fully saturated rings. The van der Waals surface area contributed by atoms with Gasteiger partial charge < -0.3 is 0 Å². The van der Waals surface area contributed by atoms with Crippen molar-refractivity contribution in [3.8, 4) is 0 Å². The second-order valence-corrected chi connectivity index (χ2v) is 1.52. The summed E-state index contributed by atoms with van der Waals surface area (Å²) in [4.78, 5) is 0. The van der Waals surface area contributed by atoms with Gasteiger partial charge >= 0.3 is 0 Å². The highest BCUT2D eigenvalue weighted by Crippen LogP contribution is 1.81. The van der Waals surface area contributed by atoms with Crippen LogP contribution in [0.15, 0.2) is 10.3 Å². The van der Waals surface area contributed by atoms with Gasteiger partial charge in [0, 0.05) is 13.6 Å². The summed E-state index contributed by atoms with van der Waals surface area (Å²) >= 11 is 0. The molecule has 0 aliphatic carbocycles. The van der Waals surface area contributed by atoms with Gasteiger partial charge in [-0.05, 0) is 13.8 Å². The lowest BCUT2D eigenvalue weighted by molar-refractivity contribution is 0.345. The molecule has 0 bridgehead atoms. The second-order valence-electron chi connectivity index (χ2n) is 1.52. The summed E-state index contributed by atoms with van der Waals surface area (Å²) in [7, 11) is 1.90. The molecule has 0 aromatic carbocycles. The maximum Gasteiger partial charge on any atom is 0.0592 e. The zero-order valence-electron chi connectivity index (χ0n) is 5.76. The first-order valence-electron chi connectivity index (χ1n) is 2.89. The van der Waals surface area contributed by atoms with E-state index in [1.165, 1.54) is 0 Å². The molecule has 48 valence electrons. The topological polar surface area (TPSA) is 28.0 Å². The minimum absolute atomic E-state index is 0.768. The number of hydrogen-bond donors (Lipinski definition) is 0. The van der Waals surface area contributed by atoms with Crippen molar-refractivity contribution in [1.29, 1.82) is 0 Å². The molecule has 0 spiro atoms. The summed E-state index contributed by atoms with van der Waals surface area (Å²) in [5.74, 6) is 0. The van der Waals surface area contributed by atoms with E-state index >= 15 is 0 Å². The highest BCUT2D eigenvalue weighted by Gasteiger charge is 1.80. The van der Waals surface area contributed by atoms with Crippen molar-refractivity contribution in [2.24, 2.45) is 10.3 Å². The molecule has 0 rings (SSSR count). The van der Waals surface area contributed by atoms with E-state index in [-0.39, 0.29) is 0 Å². The fourth-order valence-electron chi connectivity index (χ4n) is 0.234. The van der Waals surface area contributed by atoms with Crippen molar-refractivity contribution in [2.75, 3.05) is 20.1 Å². The number of rotatable bonds is 3. The molecular weight excluding hydrogens is 102 g/mol. The first kappa shape index (κ1) is 7.40. The maximum atomic E-state index is 3.82. The van der Waals surface area contributed by atoms with Crippen molar-refractivity contribution in [3.05, 3.63) is 0 Å². The van der Waals surface area contributed by atoms with Crippen LogP contribution in [0.1, 0.15) is 13.8 Å². The van der Waals surface area contributed by atoms with Crippen LogP contribution < -0.4 is 0 Å². The molecule has 0 saturated carbocycles. The van der Waals surface area contributed by atoms with Gasteiger partial charge in [0.25, 0.3) is 0 Å². The summed E-state index contributed by atoms with van der Waals surface area (Å²) in [6.07, 6.45) is 0. The van der Waals surface area contributed by atoms with E-state index in [1.807, 2.05) is 20.9 Å². The fraction of sp³-hybridized carbons (Fsp3) is 1.00. The van der Waals surface area contributed by atoms with Gasteiger partial charge in [-0.15, -0.1) is 0 Å². The van der Waals surface area contributed by atoms with Gasteiger partial charge in [0.15, 0.2) is 0 Å². The van der Waals surface area contributed by atoms with Crippen molar-refractivity contribution in [1.82, 2.24) is 5.01 Å². The Morgan fingerprint density at radius 1 is 1.38 bits per heavy atom. The van der Waals surface area contributed by atoms with Gasteiger partial charge in [0.2, 0.25) is 0 Å². The van der Waals surface area contributed by atoms with Crippen LogP contribution in [-0.4, -0.2) is 25.1 Å². The van der Waals surface area contributed by atoms with Gasteiger partial charge in [-0.3, -0.25) is 5.01 Å². The average molecular weight is 115 g/mol. The van der Waals surface area contributed by atoms with Crippen LogP contribution in [0.3, 0.4) is 0 Å². The Bertz CT molecular complexity index is 70.1. The van der Waals surface area contributed by atoms with Crippen LogP contribution in [0.25, 0.3) is 0 Å². The summed E-state index contributed by atoms with van der Waals surface area (Å²) in [5.41, 5.74) is 0. The lowest BCUT2D eigenvalue weighted by atomic mass is 10.7. The monoisotopic (exact) mass is 115 g/mol. The minimum atomic E-state index is 0.768. The molecule has 3 heteroatoms. The molecule has 0 atom stereocenters. The Kier molecular flexibility index (Phi) is 4.21. The second kappa shape index (κ2) is 4.56. The van der Waals surface area contributed by atoms with Gasteiger partial charge in [-0.2, -0.15) is 5.11 Å². The zero-order chi connectivity index (χ0) is 6.41. The first-order chi connectivity index (χ1) is 3.81. The van der Waals surface area contributed by atoms with Crippen LogP contribution in [-0.2, 0) is 0 Å². The molecule has 0 heterocycles. The Morgan fingerprint density at radius 2 is 2.00 bits per heavy atom. The van der Waals surface area contributed by atoms with Crippen molar-refractivity contribution < 1.29 is 0 Å². The minimum Gasteiger partial charge on any atom is -0.282 e. The summed E-state index contributed by atoms with van der Waals surface area (Å²) < 4.78 is 0. The third-order valence-electron chi connectivity index (χ3n) is 0.815. The quantitative estimate of drug-likeness (QED) is 0.402. The van der Waals surface area contributed by atoms with Crippen molar-refractivity contribution in [3.63, 3.8) is 0 Å². The van der Waals surface area contributed by atoms with Crippen molar-refractivity contribution in [2.45, 2.75) is 13.8 Å². The van der Waals surface area contributed by atoms with Crippen LogP contribution in [0.2, 0.25) is 0 Å². The smallest absolute Gasteiger partial charge is 0.0592 e. The molecule has 0 N–H and O–H groups in total. The van der Waals surface area contributed by atoms with E-state index in [0.717, 1.165) is 13.1 Å². The molecule has 3 nitrogen and oxygen atoms in total. The maximum absolute atomic E-state index is 3.82. The lowest BCUT2D eigenvalue weighted by Gasteiger charge is -2.04. The lowest BCUT2D eigenvalue weighted by Crippen LogP contribution is -2.07. The average Bonchev–Trinajstić information content (AvgIpc) is 1.83. The molecule has 8 heavy (non-hydrogen) atoms. The third kappa shape index (κ3) is 3.59. The van der Waals surface area contributed by atoms with Crippen molar-refractivity contribution >= 4 is 0 Å². The first-order valence-corrected chi connectivity index (χ1v) is 2.89. The van der Waals surface area contributed by atoms with E-state index in [1.54, 1.807) is 5.01 Å². The molecule has 0 radical (unpaired) electrons. The Morgan fingerprint density at radius 3 is 2.38 bits per heavy atom. The molecular formula is C5H13N3. The van der Waals surface area contributed by atoms with Crippen LogP contribution in [0.5, 0.6) is 0 Å². The predicted molar refractivity (Wildman–Crippen MR) is 33.7 cm³/mol. The Labute approximate surface area is 50.4 Å². The highest BCUT2D eigenvalue weighted by atomic mass is 15.5. The van der Waals surface area contributed by atoms with Crippen LogP contribution >= 0.6 is 0 Å². The molecule has 0 aromatic heterocycles. The summed E-state index contributed by atoms with van der Waals surface area (Å²) in [6.45, 7) is 5.69. The summed E-state index contributed by atoms with van der Waals surface area (Å²) in [6, 6.07) is 0. The normalized spacial score (nSPS) is 10.4. The largest absolute Gasteiger partial charge is 0.282 e. The van der Waals surface area contributed by atoms with Gasteiger partial charge in [0.1, 0.15) is 0 Å². The molecule has 0 aliphatic rings. The number of nitrogens with zero attached hydrogens (tertiary/aromatic N) is 3. The van der Waals surface area contributed by atoms with Crippen LogP contribution in [0.4, 0.5) is 0 Å². The van der Waals surface area contributed by atoms with Gasteiger partial charge in [0.05, 0.1) is 6.54 Å². The van der Waals surface area contributed by atoms with Crippen LogP contribution in [0, 0.1) is 0 Å². The molecule has 0 unspecified atom stereocenters. The standard InChI is InChI=1S/C5H13N3/c1-4-6-7-8(3)5-2/h4-5H2,1-3H3. The van der Waals surface area contributed by atoms with E-state index in [9.17, 15) is 0 Å². The molecule has 0 amide bonds. The fourth-order valence-corrected chi connectivity index (χ4v) is 0.234. The zero-order valence-corrected chi connectivity index (χ0v) is 5.76. The Balaban J connectivity index is 3.21. The molecule has 0 saturated heterocycles. The highest BCUT2D eigenvalue weighted by molar-refractivity contribution is 4.30. The molecule has 0 aliphatic heterocycles. The third-order valence-corrected chi connectivity index (χ3v) is 0.815. The van der Waals surface area contributed by atoms with E-state index in [2.05, 4.69) is 10.3 Å². The van der Waals surface area contributed by atoms with E-state index in [4.69, 9.17) is 0 Å². The van der Waals surface area contributed by atoms with E-state index in [0.29, 0.717) is 0 Å². The molecule has 0 aromatic rings. The van der Waals surface area contributed by atoms with Gasteiger partial charge in [-0.25, -0.2) is 0 Å². The number of hydrogen-bond acceptors (Lipinski definition) is 2. The Hall–Kier alpha value is -0.600. The SMILES string of the molecule is CCN=NN(C)CC. The van der Waals surface area contributed by atoms with Gasteiger partial charge in [-0.1, -0.05) is 5.22 Å². The summed E-state index contributed by atoms with van der Waals surface area (Å²) in [5, 5.41) is 9.41. The van der Waals surface area contributed by atoms with E-state index < -0.39 is 0 Å².